The minimum absolute atomic E-state index is 0.388. The molecule has 1 aliphatic rings. The Morgan fingerprint density at radius 1 is 1.10 bits per heavy atom. The number of aromatic nitrogens is 1. The van der Waals surface area contributed by atoms with Crippen LogP contribution >= 0.6 is 15.9 Å². The van der Waals surface area contributed by atoms with Gasteiger partial charge in [0.05, 0.1) is 11.6 Å². The normalized spacial score (nSPS) is 16.9. The third-order valence-corrected chi connectivity index (χ3v) is 4.65. The van der Waals surface area contributed by atoms with E-state index in [1.165, 1.54) is 22.2 Å². The van der Waals surface area contributed by atoms with Crippen molar-refractivity contribution in [3.05, 3.63) is 70.3 Å². The van der Waals surface area contributed by atoms with E-state index in [-0.39, 0.29) is 0 Å². The van der Waals surface area contributed by atoms with Crippen molar-refractivity contribution in [2.75, 3.05) is 5.32 Å². The number of hydrogen-bond donors (Lipinski definition) is 1. The smallest absolute Gasteiger partial charge is 0.0722 e. The van der Waals surface area contributed by atoms with Gasteiger partial charge in [-0.15, -0.1) is 0 Å². The van der Waals surface area contributed by atoms with Gasteiger partial charge in [-0.05, 0) is 60.4 Å². The van der Waals surface area contributed by atoms with Gasteiger partial charge < -0.3 is 5.32 Å². The van der Waals surface area contributed by atoms with E-state index in [9.17, 15) is 0 Å². The maximum absolute atomic E-state index is 4.43. The summed E-state index contributed by atoms with van der Waals surface area (Å²) in [6, 6.07) is 17.4. The summed E-state index contributed by atoms with van der Waals surface area (Å²) in [4.78, 5) is 4.43. The topological polar surface area (TPSA) is 24.9 Å². The van der Waals surface area contributed by atoms with Gasteiger partial charge in [0.25, 0.3) is 0 Å². The Labute approximate surface area is 132 Å². The molecule has 1 aliphatic carbocycles. The zero-order chi connectivity index (χ0) is 14.2. The summed E-state index contributed by atoms with van der Waals surface area (Å²) in [5, 5.41) is 4.89. The Morgan fingerprint density at radius 3 is 3.00 bits per heavy atom. The fourth-order valence-corrected chi connectivity index (χ4v) is 3.56. The van der Waals surface area contributed by atoms with Gasteiger partial charge in [-0.25, -0.2) is 0 Å². The lowest BCUT2D eigenvalue weighted by molar-refractivity contribution is 0.763. The molecule has 0 saturated carbocycles. The molecule has 0 amide bonds. The number of fused-ring (bicyclic) bond motifs is 2. The van der Waals surface area contributed by atoms with Gasteiger partial charge in [0.15, 0.2) is 0 Å². The molecular formula is C18H15BrN2. The Kier molecular flexibility index (Phi) is 3.15. The third kappa shape index (κ3) is 2.32. The number of hydrogen-bond acceptors (Lipinski definition) is 2. The molecular weight excluding hydrogens is 324 g/mol. The number of pyridine rings is 1. The van der Waals surface area contributed by atoms with E-state index < -0.39 is 0 Å². The first-order valence-electron chi connectivity index (χ1n) is 7.20. The van der Waals surface area contributed by atoms with Crippen LogP contribution in [-0.2, 0) is 6.42 Å². The van der Waals surface area contributed by atoms with E-state index in [4.69, 9.17) is 0 Å². The maximum atomic E-state index is 4.43. The molecule has 3 aromatic rings. The van der Waals surface area contributed by atoms with Gasteiger partial charge in [-0.2, -0.15) is 0 Å². The number of nitrogens with one attached hydrogen (secondary N) is 1. The van der Waals surface area contributed by atoms with Crippen molar-refractivity contribution in [3.63, 3.8) is 0 Å². The number of benzene rings is 2. The number of anilines is 1. The van der Waals surface area contributed by atoms with Crippen molar-refractivity contribution >= 4 is 32.5 Å². The van der Waals surface area contributed by atoms with Crippen LogP contribution in [-0.4, -0.2) is 4.98 Å². The fraction of sp³-hybridized carbons (Fsp3) is 0.167. The van der Waals surface area contributed by atoms with Gasteiger partial charge >= 0.3 is 0 Å². The minimum atomic E-state index is 0.388. The Balaban J connectivity index is 1.71. The van der Waals surface area contributed by atoms with Crippen LogP contribution in [0.5, 0.6) is 0 Å². The van der Waals surface area contributed by atoms with Gasteiger partial charge in [-0.1, -0.05) is 28.1 Å². The molecule has 104 valence electrons. The molecule has 3 heteroatoms. The van der Waals surface area contributed by atoms with Crippen LogP contribution in [0.25, 0.3) is 10.9 Å². The van der Waals surface area contributed by atoms with Crippen LogP contribution in [0, 0.1) is 0 Å². The van der Waals surface area contributed by atoms with E-state index >= 15 is 0 Å². The molecule has 0 spiro atoms. The highest BCUT2D eigenvalue weighted by molar-refractivity contribution is 9.10. The molecule has 0 fully saturated rings. The summed E-state index contributed by atoms with van der Waals surface area (Å²) in [5.74, 6) is 0. The highest BCUT2D eigenvalue weighted by Gasteiger charge is 2.22. The summed E-state index contributed by atoms with van der Waals surface area (Å²) in [6.45, 7) is 0. The molecule has 4 rings (SSSR count). The minimum Gasteiger partial charge on any atom is -0.378 e. The molecule has 0 saturated heterocycles. The largest absolute Gasteiger partial charge is 0.378 e. The Morgan fingerprint density at radius 2 is 2.05 bits per heavy atom. The summed E-state index contributed by atoms with van der Waals surface area (Å²) >= 11 is 3.56. The van der Waals surface area contributed by atoms with Crippen LogP contribution in [0.4, 0.5) is 5.69 Å². The third-order valence-electron chi connectivity index (χ3n) is 4.16. The maximum Gasteiger partial charge on any atom is 0.0722 e. The average molecular weight is 339 g/mol. The van der Waals surface area contributed by atoms with Crippen LogP contribution in [0.15, 0.2) is 59.2 Å². The molecule has 1 unspecified atom stereocenters. The zero-order valence-electron chi connectivity index (χ0n) is 11.5. The molecule has 1 atom stereocenters. The van der Waals surface area contributed by atoms with E-state index in [1.807, 2.05) is 12.3 Å². The van der Waals surface area contributed by atoms with E-state index in [1.54, 1.807) is 0 Å². The highest BCUT2D eigenvalue weighted by atomic mass is 79.9. The lowest BCUT2D eigenvalue weighted by Crippen LogP contribution is -2.07. The number of halogens is 1. The van der Waals surface area contributed by atoms with Crippen LogP contribution in [0.3, 0.4) is 0 Å². The van der Waals surface area contributed by atoms with Crippen molar-refractivity contribution < 1.29 is 0 Å². The lowest BCUT2D eigenvalue weighted by Gasteiger charge is -2.17. The lowest BCUT2D eigenvalue weighted by atomic mass is 10.1. The van der Waals surface area contributed by atoms with Crippen molar-refractivity contribution in [1.82, 2.24) is 4.98 Å². The molecule has 0 radical (unpaired) electrons. The second kappa shape index (κ2) is 5.15. The van der Waals surface area contributed by atoms with Gasteiger partial charge in [-0.3, -0.25) is 4.98 Å². The fourth-order valence-electron chi connectivity index (χ4n) is 3.15. The van der Waals surface area contributed by atoms with Crippen LogP contribution in [0.1, 0.15) is 23.6 Å². The standard InChI is InChI=1S/C18H15BrN2/c19-13-7-8-14-12(11-13)6-9-18(14)21-17-5-1-4-16-15(17)3-2-10-20-16/h1-5,7-8,10-11,18,21H,6,9H2. The number of nitrogens with zero attached hydrogens (tertiary/aromatic N) is 1. The Bertz CT molecular complexity index is 808. The molecule has 1 N–H and O–H groups in total. The predicted octanol–water partition coefficient (Wildman–Crippen LogP) is 5.10. The highest BCUT2D eigenvalue weighted by Crippen LogP contribution is 2.36. The molecule has 0 bridgehead atoms. The number of aryl methyl sites for hydroxylation is 1. The van der Waals surface area contributed by atoms with Crippen LogP contribution in [0.2, 0.25) is 0 Å². The summed E-state index contributed by atoms with van der Waals surface area (Å²) < 4.78 is 1.16. The molecule has 2 aromatic carbocycles. The van der Waals surface area contributed by atoms with Gasteiger partial charge in [0, 0.05) is 21.7 Å². The average Bonchev–Trinajstić information content (AvgIpc) is 2.90. The first kappa shape index (κ1) is 12.8. The SMILES string of the molecule is Brc1ccc2c(c1)CCC2Nc1cccc2ncccc12. The molecule has 1 aromatic heterocycles. The van der Waals surface area contributed by atoms with Crippen molar-refractivity contribution in [2.45, 2.75) is 18.9 Å². The molecule has 2 nitrogen and oxygen atoms in total. The van der Waals surface area contributed by atoms with Crippen molar-refractivity contribution in [2.24, 2.45) is 0 Å². The quantitative estimate of drug-likeness (QED) is 0.703. The van der Waals surface area contributed by atoms with E-state index in [0.717, 1.165) is 22.8 Å². The molecule has 1 heterocycles. The van der Waals surface area contributed by atoms with E-state index in [0.29, 0.717) is 6.04 Å². The van der Waals surface area contributed by atoms with Crippen molar-refractivity contribution in [1.29, 1.82) is 0 Å². The van der Waals surface area contributed by atoms with Gasteiger partial charge in [0.1, 0.15) is 0 Å². The summed E-state index contributed by atoms with van der Waals surface area (Å²) in [6.07, 6.45) is 4.12. The monoisotopic (exact) mass is 338 g/mol. The summed E-state index contributed by atoms with van der Waals surface area (Å²) in [7, 11) is 0. The first-order valence-corrected chi connectivity index (χ1v) is 7.99. The second-order valence-corrected chi connectivity index (χ2v) is 6.37. The zero-order valence-corrected chi connectivity index (χ0v) is 13.1. The Hall–Kier alpha value is -1.87. The number of rotatable bonds is 2. The summed E-state index contributed by atoms with van der Waals surface area (Å²) in [5.41, 5.74) is 5.07. The van der Waals surface area contributed by atoms with Gasteiger partial charge in [0.2, 0.25) is 0 Å². The molecule has 0 aliphatic heterocycles. The first-order chi connectivity index (χ1) is 10.3. The van der Waals surface area contributed by atoms with Crippen LogP contribution < -0.4 is 5.32 Å². The second-order valence-electron chi connectivity index (χ2n) is 5.45. The predicted molar refractivity (Wildman–Crippen MR) is 90.6 cm³/mol. The van der Waals surface area contributed by atoms with E-state index in [2.05, 4.69) is 68.7 Å². The van der Waals surface area contributed by atoms with Crippen molar-refractivity contribution in [3.8, 4) is 0 Å². The molecule has 21 heavy (non-hydrogen) atoms.